The Morgan fingerprint density at radius 1 is 1.25 bits per heavy atom. The maximum absolute atomic E-state index is 12.4. The van der Waals surface area contributed by atoms with Crippen LogP contribution in [-0.2, 0) is 6.42 Å². The fraction of sp³-hybridized carbons (Fsp3) is 0.250. The van der Waals surface area contributed by atoms with Gasteiger partial charge in [0.2, 0.25) is 0 Å². The molecular weight excluding hydrogens is 250 g/mol. The summed E-state index contributed by atoms with van der Waals surface area (Å²) in [6.07, 6.45) is 2.50. The van der Waals surface area contributed by atoms with Crippen molar-refractivity contribution in [3.8, 4) is 0 Å². The summed E-state index contributed by atoms with van der Waals surface area (Å²) < 4.78 is 0. The Balaban J connectivity index is 2.04. The molecule has 0 unspecified atom stereocenters. The van der Waals surface area contributed by atoms with Gasteiger partial charge in [-0.15, -0.1) is 0 Å². The van der Waals surface area contributed by atoms with Gasteiger partial charge in [0.15, 0.2) is 0 Å². The molecule has 4 heteroatoms. The van der Waals surface area contributed by atoms with Crippen molar-refractivity contribution in [2.75, 3.05) is 19.3 Å². The summed E-state index contributed by atoms with van der Waals surface area (Å²) in [6.45, 7) is 2.50. The molecule has 4 nitrogen and oxygen atoms in total. The summed E-state index contributed by atoms with van der Waals surface area (Å²) >= 11 is 0. The van der Waals surface area contributed by atoms with Crippen LogP contribution in [0.15, 0.2) is 42.6 Å². The molecular formula is C16H19N3O. The van der Waals surface area contributed by atoms with Gasteiger partial charge in [-0.25, -0.2) is 0 Å². The zero-order chi connectivity index (χ0) is 14.5. The molecule has 1 amide bonds. The first-order valence-corrected chi connectivity index (χ1v) is 6.60. The van der Waals surface area contributed by atoms with Gasteiger partial charge in [0.05, 0.1) is 0 Å². The van der Waals surface area contributed by atoms with Crippen molar-refractivity contribution in [3.63, 3.8) is 0 Å². The molecule has 0 fully saturated rings. The Hall–Kier alpha value is -2.36. The van der Waals surface area contributed by atoms with Crippen LogP contribution in [0.5, 0.6) is 0 Å². The van der Waals surface area contributed by atoms with Crippen LogP contribution in [0.1, 0.15) is 21.6 Å². The first-order chi connectivity index (χ1) is 9.59. The molecule has 0 spiro atoms. The highest BCUT2D eigenvalue weighted by molar-refractivity contribution is 5.96. The number of carbonyl (C=O) groups is 1. The Morgan fingerprint density at radius 3 is 2.75 bits per heavy atom. The van der Waals surface area contributed by atoms with Crippen molar-refractivity contribution in [1.29, 1.82) is 0 Å². The minimum atomic E-state index is -0.00858. The maximum Gasteiger partial charge on any atom is 0.253 e. The van der Waals surface area contributed by atoms with E-state index < -0.39 is 0 Å². The highest BCUT2D eigenvalue weighted by Gasteiger charge is 2.15. The van der Waals surface area contributed by atoms with Crippen LogP contribution >= 0.6 is 0 Å². The van der Waals surface area contributed by atoms with Gasteiger partial charge < -0.3 is 10.6 Å². The van der Waals surface area contributed by atoms with Crippen LogP contribution in [0.3, 0.4) is 0 Å². The van der Waals surface area contributed by atoms with Crippen molar-refractivity contribution < 1.29 is 4.79 Å². The average molecular weight is 269 g/mol. The molecule has 1 aromatic carbocycles. The summed E-state index contributed by atoms with van der Waals surface area (Å²) in [5.74, 6) is -0.00858. The molecule has 0 aliphatic carbocycles. The number of nitrogens with zero attached hydrogens (tertiary/aromatic N) is 2. The molecule has 2 rings (SSSR count). The van der Waals surface area contributed by atoms with Gasteiger partial charge >= 0.3 is 0 Å². The van der Waals surface area contributed by atoms with Gasteiger partial charge in [0.1, 0.15) is 0 Å². The molecule has 0 atom stereocenters. The van der Waals surface area contributed by atoms with Gasteiger partial charge in [0, 0.05) is 43.2 Å². The lowest BCUT2D eigenvalue weighted by Gasteiger charge is -2.18. The first kappa shape index (κ1) is 14.1. The molecule has 20 heavy (non-hydrogen) atoms. The van der Waals surface area contributed by atoms with Crippen LogP contribution in [-0.4, -0.2) is 29.4 Å². The number of hydrogen-bond acceptors (Lipinski definition) is 3. The summed E-state index contributed by atoms with van der Waals surface area (Å²) in [6, 6.07) is 11.2. The van der Waals surface area contributed by atoms with Gasteiger partial charge in [-0.3, -0.25) is 9.78 Å². The van der Waals surface area contributed by atoms with Crippen LogP contribution in [0.25, 0.3) is 0 Å². The van der Waals surface area contributed by atoms with Crippen LogP contribution in [0.2, 0.25) is 0 Å². The van der Waals surface area contributed by atoms with E-state index in [2.05, 4.69) is 4.98 Å². The summed E-state index contributed by atoms with van der Waals surface area (Å²) in [5.41, 5.74) is 8.97. The number of benzene rings is 1. The second-order valence-electron chi connectivity index (χ2n) is 4.82. The number of hydrogen-bond donors (Lipinski definition) is 1. The molecule has 0 saturated heterocycles. The zero-order valence-corrected chi connectivity index (χ0v) is 11.8. The Kier molecular flexibility index (Phi) is 4.35. The largest absolute Gasteiger partial charge is 0.398 e. The molecule has 1 heterocycles. The number of rotatable bonds is 4. The van der Waals surface area contributed by atoms with Gasteiger partial charge in [-0.05, 0) is 36.8 Å². The number of nitrogens with two attached hydrogens (primary N) is 1. The fourth-order valence-electron chi connectivity index (χ4n) is 2.02. The van der Waals surface area contributed by atoms with Crippen molar-refractivity contribution in [2.24, 2.45) is 0 Å². The third-order valence-electron chi connectivity index (χ3n) is 3.38. The lowest BCUT2D eigenvalue weighted by Crippen LogP contribution is -2.29. The molecule has 2 N–H and O–H groups in total. The third-order valence-corrected chi connectivity index (χ3v) is 3.38. The van der Waals surface area contributed by atoms with E-state index in [9.17, 15) is 4.79 Å². The Morgan fingerprint density at radius 2 is 2.05 bits per heavy atom. The van der Waals surface area contributed by atoms with E-state index in [1.54, 1.807) is 24.2 Å². The number of pyridine rings is 1. The zero-order valence-electron chi connectivity index (χ0n) is 11.8. The number of anilines is 1. The molecule has 2 aromatic rings. The molecule has 0 aliphatic rings. The lowest BCUT2D eigenvalue weighted by molar-refractivity contribution is 0.0795. The van der Waals surface area contributed by atoms with E-state index in [0.717, 1.165) is 17.7 Å². The summed E-state index contributed by atoms with van der Waals surface area (Å²) in [4.78, 5) is 18.4. The van der Waals surface area contributed by atoms with E-state index in [4.69, 9.17) is 5.73 Å². The van der Waals surface area contributed by atoms with Gasteiger partial charge in [0.25, 0.3) is 5.91 Å². The summed E-state index contributed by atoms with van der Waals surface area (Å²) in [7, 11) is 1.80. The van der Waals surface area contributed by atoms with Crippen molar-refractivity contribution in [1.82, 2.24) is 9.88 Å². The van der Waals surface area contributed by atoms with E-state index in [1.807, 2.05) is 37.3 Å². The summed E-state index contributed by atoms with van der Waals surface area (Å²) in [5, 5.41) is 0. The SMILES string of the molecule is Cc1c(N)cccc1C(=O)N(C)CCc1ccccn1. The number of carbonyl (C=O) groups excluding carboxylic acids is 1. The Bertz CT molecular complexity index is 596. The van der Waals surface area contributed by atoms with E-state index in [0.29, 0.717) is 17.8 Å². The van der Waals surface area contributed by atoms with E-state index in [1.165, 1.54) is 0 Å². The number of likely N-dealkylation sites (N-methyl/N-ethyl adjacent to an activating group) is 1. The molecule has 0 aliphatic heterocycles. The number of aromatic nitrogens is 1. The van der Waals surface area contributed by atoms with Gasteiger partial charge in [-0.1, -0.05) is 12.1 Å². The lowest BCUT2D eigenvalue weighted by atomic mass is 10.1. The minimum absolute atomic E-state index is 0.00858. The van der Waals surface area contributed by atoms with Crippen molar-refractivity contribution in [3.05, 3.63) is 59.4 Å². The first-order valence-electron chi connectivity index (χ1n) is 6.60. The normalized spacial score (nSPS) is 10.3. The third kappa shape index (κ3) is 3.15. The van der Waals surface area contributed by atoms with Crippen molar-refractivity contribution in [2.45, 2.75) is 13.3 Å². The molecule has 1 aromatic heterocycles. The number of nitrogen functional groups attached to an aromatic ring is 1. The topological polar surface area (TPSA) is 59.2 Å². The average Bonchev–Trinajstić information content (AvgIpc) is 2.48. The standard InChI is InChI=1S/C16H19N3O/c1-12-14(7-5-8-15(12)17)16(20)19(2)11-9-13-6-3-4-10-18-13/h3-8,10H,9,11,17H2,1-2H3. The van der Waals surface area contributed by atoms with E-state index >= 15 is 0 Å². The smallest absolute Gasteiger partial charge is 0.253 e. The molecule has 0 saturated carbocycles. The minimum Gasteiger partial charge on any atom is -0.398 e. The molecule has 0 radical (unpaired) electrons. The van der Waals surface area contributed by atoms with Crippen LogP contribution in [0.4, 0.5) is 5.69 Å². The highest BCUT2D eigenvalue weighted by Crippen LogP contribution is 2.17. The predicted octanol–water partition coefficient (Wildman–Crippen LogP) is 2.29. The number of amides is 1. The van der Waals surface area contributed by atoms with E-state index in [-0.39, 0.29) is 5.91 Å². The van der Waals surface area contributed by atoms with Crippen LogP contribution < -0.4 is 5.73 Å². The van der Waals surface area contributed by atoms with Gasteiger partial charge in [-0.2, -0.15) is 0 Å². The molecule has 104 valence electrons. The maximum atomic E-state index is 12.4. The fourth-order valence-corrected chi connectivity index (χ4v) is 2.02. The molecule has 0 bridgehead atoms. The second-order valence-corrected chi connectivity index (χ2v) is 4.82. The van der Waals surface area contributed by atoms with Crippen LogP contribution in [0, 0.1) is 6.92 Å². The Labute approximate surface area is 119 Å². The second kappa shape index (κ2) is 6.19. The quantitative estimate of drug-likeness (QED) is 0.866. The predicted molar refractivity (Wildman–Crippen MR) is 80.5 cm³/mol. The monoisotopic (exact) mass is 269 g/mol. The highest BCUT2D eigenvalue weighted by atomic mass is 16.2. The van der Waals surface area contributed by atoms with Crippen molar-refractivity contribution >= 4 is 11.6 Å².